The highest BCUT2D eigenvalue weighted by molar-refractivity contribution is 5.45. The van der Waals surface area contributed by atoms with Crippen molar-refractivity contribution in [3.8, 4) is 5.88 Å². The Kier molecular flexibility index (Phi) is 4.90. The molecule has 0 aliphatic rings. The Morgan fingerprint density at radius 1 is 1.60 bits per heavy atom. The SMILES string of the molecule is COc1cc(NC(C)CCCN)ccn1. The van der Waals surface area contributed by atoms with Crippen molar-refractivity contribution >= 4 is 5.69 Å². The fourth-order valence-electron chi connectivity index (χ4n) is 1.39. The van der Waals surface area contributed by atoms with Crippen molar-refractivity contribution in [3.63, 3.8) is 0 Å². The Balaban J connectivity index is 2.48. The molecule has 0 saturated heterocycles. The molecule has 4 heteroatoms. The molecule has 1 unspecified atom stereocenters. The fourth-order valence-corrected chi connectivity index (χ4v) is 1.39. The molecule has 0 spiro atoms. The first-order chi connectivity index (χ1) is 7.26. The van der Waals surface area contributed by atoms with Gasteiger partial charge in [0, 0.05) is 24.0 Å². The van der Waals surface area contributed by atoms with Gasteiger partial charge in [-0.15, -0.1) is 0 Å². The van der Waals surface area contributed by atoms with E-state index >= 15 is 0 Å². The van der Waals surface area contributed by atoms with Crippen LogP contribution in [0.2, 0.25) is 0 Å². The second kappa shape index (κ2) is 6.24. The number of nitrogens with one attached hydrogen (secondary N) is 1. The highest BCUT2D eigenvalue weighted by atomic mass is 16.5. The molecule has 3 N–H and O–H groups in total. The van der Waals surface area contributed by atoms with Crippen LogP contribution in [0.25, 0.3) is 0 Å². The molecule has 84 valence electrons. The van der Waals surface area contributed by atoms with Crippen LogP contribution in [-0.2, 0) is 0 Å². The molecule has 1 rings (SSSR count). The summed E-state index contributed by atoms with van der Waals surface area (Å²) in [5, 5.41) is 3.38. The van der Waals surface area contributed by atoms with Crippen molar-refractivity contribution in [3.05, 3.63) is 18.3 Å². The second-order valence-electron chi connectivity index (χ2n) is 3.56. The maximum Gasteiger partial charge on any atom is 0.214 e. The summed E-state index contributed by atoms with van der Waals surface area (Å²) in [6.45, 7) is 2.88. The van der Waals surface area contributed by atoms with Gasteiger partial charge in [-0.3, -0.25) is 0 Å². The molecule has 4 nitrogen and oxygen atoms in total. The zero-order valence-corrected chi connectivity index (χ0v) is 9.36. The van der Waals surface area contributed by atoms with Gasteiger partial charge in [0.05, 0.1) is 7.11 Å². The standard InChI is InChI=1S/C11H19N3O/c1-9(4-3-6-12)14-10-5-7-13-11(8-10)15-2/h5,7-9H,3-4,6,12H2,1-2H3,(H,13,14). The first-order valence-corrected chi connectivity index (χ1v) is 5.23. The van der Waals surface area contributed by atoms with E-state index in [0.29, 0.717) is 11.9 Å². The molecule has 0 amide bonds. The average molecular weight is 209 g/mol. The number of anilines is 1. The van der Waals surface area contributed by atoms with Gasteiger partial charge in [0.1, 0.15) is 0 Å². The molecule has 0 fully saturated rings. The number of nitrogens with zero attached hydrogens (tertiary/aromatic N) is 1. The van der Waals surface area contributed by atoms with Crippen molar-refractivity contribution in [1.29, 1.82) is 0 Å². The lowest BCUT2D eigenvalue weighted by Crippen LogP contribution is -2.16. The van der Waals surface area contributed by atoms with Gasteiger partial charge in [0.25, 0.3) is 0 Å². The van der Waals surface area contributed by atoms with Crippen molar-refractivity contribution in [1.82, 2.24) is 4.98 Å². The fraction of sp³-hybridized carbons (Fsp3) is 0.545. The van der Waals surface area contributed by atoms with E-state index in [0.717, 1.165) is 25.1 Å². The summed E-state index contributed by atoms with van der Waals surface area (Å²) in [5.74, 6) is 0.631. The van der Waals surface area contributed by atoms with Gasteiger partial charge in [-0.05, 0) is 32.4 Å². The van der Waals surface area contributed by atoms with E-state index in [9.17, 15) is 0 Å². The number of nitrogens with two attached hydrogens (primary N) is 1. The largest absolute Gasteiger partial charge is 0.481 e. The van der Waals surface area contributed by atoms with Gasteiger partial charge in [-0.25, -0.2) is 4.98 Å². The predicted molar refractivity (Wildman–Crippen MR) is 62.2 cm³/mol. The Morgan fingerprint density at radius 3 is 3.07 bits per heavy atom. The first kappa shape index (κ1) is 11.8. The molecular weight excluding hydrogens is 190 g/mol. The normalized spacial score (nSPS) is 12.2. The van der Waals surface area contributed by atoms with Crippen molar-refractivity contribution in [2.75, 3.05) is 19.0 Å². The predicted octanol–water partition coefficient (Wildman–Crippen LogP) is 1.63. The minimum atomic E-state index is 0.417. The number of methoxy groups -OCH3 is 1. The van der Waals surface area contributed by atoms with Crippen molar-refractivity contribution in [2.45, 2.75) is 25.8 Å². The van der Waals surface area contributed by atoms with Gasteiger partial charge in [-0.1, -0.05) is 0 Å². The first-order valence-electron chi connectivity index (χ1n) is 5.23. The van der Waals surface area contributed by atoms with Gasteiger partial charge < -0.3 is 15.8 Å². The van der Waals surface area contributed by atoms with Crippen LogP contribution in [0.4, 0.5) is 5.69 Å². The van der Waals surface area contributed by atoms with Crippen LogP contribution in [0.1, 0.15) is 19.8 Å². The molecule has 15 heavy (non-hydrogen) atoms. The molecule has 1 atom stereocenters. The van der Waals surface area contributed by atoms with E-state index in [2.05, 4.69) is 17.2 Å². The Morgan fingerprint density at radius 2 is 2.40 bits per heavy atom. The topological polar surface area (TPSA) is 60.2 Å². The molecule has 0 aliphatic carbocycles. The van der Waals surface area contributed by atoms with Crippen LogP contribution >= 0.6 is 0 Å². The third-order valence-electron chi connectivity index (χ3n) is 2.20. The van der Waals surface area contributed by atoms with Crippen molar-refractivity contribution in [2.24, 2.45) is 5.73 Å². The number of ether oxygens (including phenoxy) is 1. The van der Waals surface area contributed by atoms with Crippen LogP contribution in [0, 0.1) is 0 Å². The third-order valence-corrected chi connectivity index (χ3v) is 2.20. The van der Waals surface area contributed by atoms with E-state index in [-0.39, 0.29) is 0 Å². The minimum absolute atomic E-state index is 0.417. The molecule has 0 aromatic carbocycles. The summed E-state index contributed by atoms with van der Waals surface area (Å²) in [6, 6.07) is 4.24. The summed E-state index contributed by atoms with van der Waals surface area (Å²) >= 11 is 0. The van der Waals surface area contributed by atoms with Gasteiger partial charge in [0.15, 0.2) is 0 Å². The lowest BCUT2D eigenvalue weighted by Gasteiger charge is -2.14. The van der Waals surface area contributed by atoms with E-state index in [4.69, 9.17) is 10.5 Å². The van der Waals surface area contributed by atoms with Crippen LogP contribution < -0.4 is 15.8 Å². The maximum absolute atomic E-state index is 5.46. The Hall–Kier alpha value is -1.29. The smallest absolute Gasteiger partial charge is 0.214 e. The highest BCUT2D eigenvalue weighted by Crippen LogP contribution is 2.15. The maximum atomic E-state index is 5.46. The van der Waals surface area contributed by atoms with Crippen molar-refractivity contribution < 1.29 is 4.74 Å². The lowest BCUT2D eigenvalue weighted by atomic mass is 10.2. The summed E-state index contributed by atoms with van der Waals surface area (Å²) in [6.07, 6.45) is 3.84. The summed E-state index contributed by atoms with van der Waals surface area (Å²) < 4.78 is 5.05. The summed E-state index contributed by atoms with van der Waals surface area (Å²) in [4.78, 5) is 4.05. The average Bonchev–Trinajstić information content (AvgIpc) is 2.26. The second-order valence-corrected chi connectivity index (χ2v) is 3.56. The third kappa shape index (κ3) is 4.16. The van der Waals surface area contributed by atoms with Crippen LogP contribution in [-0.4, -0.2) is 24.7 Å². The highest BCUT2D eigenvalue weighted by Gasteiger charge is 2.02. The van der Waals surface area contributed by atoms with E-state index < -0.39 is 0 Å². The van der Waals surface area contributed by atoms with E-state index in [1.54, 1.807) is 13.3 Å². The zero-order chi connectivity index (χ0) is 11.1. The van der Waals surface area contributed by atoms with Crippen LogP contribution in [0.3, 0.4) is 0 Å². The monoisotopic (exact) mass is 209 g/mol. The molecule has 0 bridgehead atoms. The van der Waals surface area contributed by atoms with Gasteiger partial charge >= 0.3 is 0 Å². The zero-order valence-electron chi connectivity index (χ0n) is 9.36. The molecule has 1 aromatic heterocycles. The quantitative estimate of drug-likeness (QED) is 0.747. The minimum Gasteiger partial charge on any atom is -0.481 e. The van der Waals surface area contributed by atoms with Crippen LogP contribution in [0.5, 0.6) is 5.88 Å². The number of hydrogen-bond donors (Lipinski definition) is 2. The molecule has 0 saturated carbocycles. The van der Waals surface area contributed by atoms with Gasteiger partial charge in [0.2, 0.25) is 5.88 Å². The summed E-state index contributed by atoms with van der Waals surface area (Å²) in [7, 11) is 1.62. The number of aromatic nitrogens is 1. The number of pyridine rings is 1. The summed E-state index contributed by atoms with van der Waals surface area (Å²) in [5.41, 5.74) is 6.49. The van der Waals surface area contributed by atoms with E-state index in [1.165, 1.54) is 0 Å². The van der Waals surface area contributed by atoms with Gasteiger partial charge in [-0.2, -0.15) is 0 Å². The Labute approximate surface area is 90.8 Å². The molecule has 0 aliphatic heterocycles. The Bertz CT molecular complexity index is 291. The van der Waals surface area contributed by atoms with E-state index in [1.807, 2.05) is 12.1 Å². The molecule has 1 aromatic rings. The lowest BCUT2D eigenvalue weighted by molar-refractivity contribution is 0.398. The molecule has 1 heterocycles. The van der Waals surface area contributed by atoms with Crippen LogP contribution in [0.15, 0.2) is 18.3 Å². The number of rotatable bonds is 6. The molecule has 0 radical (unpaired) electrons. The molecular formula is C11H19N3O. The number of hydrogen-bond acceptors (Lipinski definition) is 4.